The smallest absolute Gasteiger partial charge is 0.330 e. The fourth-order valence-corrected chi connectivity index (χ4v) is 2.03. The van der Waals surface area contributed by atoms with Gasteiger partial charge in [-0.25, -0.2) is 4.79 Å². The van der Waals surface area contributed by atoms with Gasteiger partial charge in [0.25, 0.3) is 5.56 Å². The van der Waals surface area contributed by atoms with Crippen LogP contribution in [0.15, 0.2) is 15.8 Å². The van der Waals surface area contributed by atoms with Gasteiger partial charge in [0.1, 0.15) is 12.3 Å². The van der Waals surface area contributed by atoms with E-state index in [1.54, 1.807) is 6.92 Å². The molecule has 1 aromatic heterocycles. The highest BCUT2D eigenvalue weighted by molar-refractivity contribution is 5.01. The van der Waals surface area contributed by atoms with E-state index < -0.39 is 29.7 Å². The van der Waals surface area contributed by atoms with Crippen LogP contribution in [0.5, 0.6) is 0 Å². The number of H-pyrrole nitrogens is 1. The third kappa shape index (κ3) is 2.38. The van der Waals surface area contributed by atoms with Gasteiger partial charge in [0.15, 0.2) is 0 Å². The quantitative estimate of drug-likeness (QED) is 0.621. The van der Waals surface area contributed by atoms with Crippen LogP contribution in [-0.2, 0) is 4.74 Å². The Labute approximate surface area is 103 Å². The van der Waals surface area contributed by atoms with Crippen LogP contribution in [0.3, 0.4) is 0 Å². The summed E-state index contributed by atoms with van der Waals surface area (Å²) in [5.74, 6) is 0. The first-order valence-corrected chi connectivity index (χ1v) is 5.79. The van der Waals surface area contributed by atoms with Crippen LogP contribution in [-0.4, -0.2) is 38.6 Å². The third-order valence-corrected chi connectivity index (χ3v) is 3.11. The van der Waals surface area contributed by atoms with Crippen molar-refractivity contribution >= 4 is 0 Å². The second kappa shape index (κ2) is 5.05. The molecule has 3 atom stereocenters. The van der Waals surface area contributed by atoms with Crippen molar-refractivity contribution in [3.8, 4) is 0 Å². The van der Waals surface area contributed by atoms with Crippen molar-refractivity contribution in [3.63, 3.8) is 0 Å². The second-order valence-corrected chi connectivity index (χ2v) is 4.44. The van der Waals surface area contributed by atoms with Crippen LogP contribution in [0.4, 0.5) is 0 Å². The molecule has 0 spiro atoms. The molecule has 100 valence electrons. The molecule has 2 heterocycles. The lowest BCUT2D eigenvalue weighted by atomic mass is 10.0. The molecule has 0 unspecified atom stereocenters. The summed E-state index contributed by atoms with van der Waals surface area (Å²) in [6.07, 6.45) is 0.295. The molecule has 7 nitrogen and oxygen atoms in total. The van der Waals surface area contributed by atoms with Crippen molar-refractivity contribution < 1.29 is 14.9 Å². The molecule has 0 aliphatic carbocycles. The summed E-state index contributed by atoms with van der Waals surface area (Å²) in [5.41, 5.74) is -0.570. The number of rotatable bonds is 2. The third-order valence-electron chi connectivity index (χ3n) is 3.11. The number of hydrogen-bond acceptors (Lipinski definition) is 5. The Bertz CT molecular complexity index is 535. The number of ether oxygens (including phenoxy) is 1. The van der Waals surface area contributed by atoms with Gasteiger partial charge in [-0.15, -0.1) is 0 Å². The minimum atomic E-state index is -0.731. The molecule has 18 heavy (non-hydrogen) atoms. The second-order valence-electron chi connectivity index (χ2n) is 4.44. The Balaban J connectivity index is 2.30. The highest BCUT2D eigenvalue weighted by atomic mass is 16.5. The van der Waals surface area contributed by atoms with Crippen molar-refractivity contribution in [2.75, 3.05) is 6.61 Å². The molecule has 7 heteroatoms. The summed E-state index contributed by atoms with van der Waals surface area (Å²) in [6.45, 7) is 1.28. The fraction of sp³-hybridized carbons (Fsp3) is 0.636. The summed E-state index contributed by atoms with van der Waals surface area (Å²) in [7, 11) is 0. The molecule has 0 saturated carbocycles. The number of aliphatic hydroxyl groups is 2. The lowest BCUT2D eigenvalue weighted by molar-refractivity contribution is -0.160. The normalized spacial score (nSPS) is 28.3. The maximum absolute atomic E-state index is 11.7. The van der Waals surface area contributed by atoms with Crippen LogP contribution >= 0.6 is 0 Å². The van der Waals surface area contributed by atoms with Crippen molar-refractivity contribution in [1.29, 1.82) is 0 Å². The fourth-order valence-electron chi connectivity index (χ4n) is 2.03. The Morgan fingerprint density at radius 1 is 1.50 bits per heavy atom. The summed E-state index contributed by atoms with van der Waals surface area (Å²) in [5, 5.41) is 18.6. The van der Waals surface area contributed by atoms with Gasteiger partial charge in [-0.1, -0.05) is 0 Å². The van der Waals surface area contributed by atoms with Gasteiger partial charge in [-0.2, -0.15) is 0 Å². The van der Waals surface area contributed by atoms with Crippen LogP contribution in [0, 0.1) is 6.92 Å². The van der Waals surface area contributed by atoms with E-state index in [9.17, 15) is 14.7 Å². The SMILES string of the molecule is Cc1cn([C@@H]2CC[C@@H](O)[C@H](CO)O2)c(=O)[nH]c1=O. The lowest BCUT2D eigenvalue weighted by Gasteiger charge is -2.33. The van der Waals surface area contributed by atoms with E-state index in [1.165, 1.54) is 10.8 Å². The van der Waals surface area contributed by atoms with Crippen LogP contribution < -0.4 is 11.2 Å². The number of nitrogens with one attached hydrogen (secondary N) is 1. The van der Waals surface area contributed by atoms with Crippen molar-refractivity contribution in [2.24, 2.45) is 0 Å². The number of aliphatic hydroxyl groups excluding tert-OH is 2. The average molecular weight is 256 g/mol. The van der Waals surface area contributed by atoms with Gasteiger partial charge in [-0.3, -0.25) is 14.3 Å². The van der Waals surface area contributed by atoms with E-state index in [2.05, 4.69) is 4.98 Å². The predicted molar refractivity (Wildman–Crippen MR) is 62.3 cm³/mol. The number of nitrogens with zero attached hydrogens (tertiary/aromatic N) is 1. The van der Waals surface area contributed by atoms with Crippen molar-refractivity contribution in [3.05, 3.63) is 32.6 Å². The minimum Gasteiger partial charge on any atom is -0.394 e. The topological polar surface area (TPSA) is 105 Å². The maximum atomic E-state index is 11.7. The molecule has 1 aliphatic heterocycles. The van der Waals surface area contributed by atoms with E-state index in [1.807, 2.05) is 0 Å². The summed E-state index contributed by atoms with van der Waals surface area (Å²) in [6, 6.07) is 0. The summed E-state index contributed by atoms with van der Waals surface area (Å²) in [4.78, 5) is 25.1. The molecule has 2 rings (SSSR count). The predicted octanol–water partition coefficient (Wildman–Crippen LogP) is -1.12. The van der Waals surface area contributed by atoms with Gasteiger partial charge in [-0.05, 0) is 19.8 Å². The van der Waals surface area contributed by atoms with E-state index >= 15 is 0 Å². The maximum Gasteiger partial charge on any atom is 0.330 e. The van der Waals surface area contributed by atoms with Crippen molar-refractivity contribution in [2.45, 2.75) is 38.2 Å². The molecule has 0 aromatic carbocycles. The molecular weight excluding hydrogens is 240 g/mol. The molecule has 1 aromatic rings. The van der Waals surface area contributed by atoms with Crippen LogP contribution in [0.2, 0.25) is 0 Å². The van der Waals surface area contributed by atoms with Gasteiger partial charge in [0, 0.05) is 11.8 Å². The first-order valence-electron chi connectivity index (χ1n) is 5.79. The van der Waals surface area contributed by atoms with E-state index in [4.69, 9.17) is 9.84 Å². The van der Waals surface area contributed by atoms with Crippen molar-refractivity contribution in [1.82, 2.24) is 9.55 Å². The molecule has 1 fully saturated rings. The van der Waals surface area contributed by atoms with Gasteiger partial charge in [0.05, 0.1) is 12.7 Å². The molecule has 3 N–H and O–H groups in total. The molecule has 0 bridgehead atoms. The number of aromatic amines is 1. The van der Waals surface area contributed by atoms with Crippen LogP contribution in [0.25, 0.3) is 0 Å². The zero-order valence-electron chi connectivity index (χ0n) is 10.00. The molecule has 0 radical (unpaired) electrons. The Morgan fingerprint density at radius 3 is 2.89 bits per heavy atom. The number of aryl methyl sites for hydroxylation is 1. The minimum absolute atomic E-state index is 0.311. The largest absolute Gasteiger partial charge is 0.394 e. The zero-order chi connectivity index (χ0) is 13.3. The number of aromatic nitrogens is 2. The van der Waals surface area contributed by atoms with E-state index in [0.717, 1.165) is 0 Å². The monoisotopic (exact) mass is 256 g/mol. The van der Waals surface area contributed by atoms with E-state index in [-0.39, 0.29) is 6.61 Å². The Kier molecular flexibility index (Phi) is 3.65. The van der Waals surface area contributed by atoms with Crippen LogP contribution in [0.1, 0.15) is 24.6 Å². The van der Waals surface area contributed by atoms with Gasteiger partial charge >= 0.3 is 5.69 Å². The van der Waals surface area contributed by atoms with E-state index in [0.29, 0.717) is 18.4 Å². The molecule has 0 amide bonds. The molecule has 1 saturated heterocycles. The van der Waals surface area contributed by atoms with Gasteiger partial charge < -0.3 is 14.9 Å². The summed E-state index contributed by atoms with van der Waals surface area (Å²) >= 11 is 0. The zero-order valence-corrected chi connectivity index (χ0v) is 10.00. The number of hydrogen-bond donors (Lipinski definition) is 3. The van der Waals surface area contributed by atoms with Gasteiger partial charge in [0.2, 0.25) is 0 Å². The highest BCUT2D eigenvalue weighted by Crippen LogP contribution is 2.25. The summed E-state index contributed by atoms with van der Waals surface area (Å²) < 4.78 is 6.73. The highest BCUT2D eigenvalue weighted by Gasteiger charge is 2.30. The molecule has 1 aliphatic rings. The standard InChI is InChI=1S/C11H16N2O5/c1-6-4-13(11(17)12-10(6)16)9-3-2-7(15)8(5-14)18-9/h4,7-9,14-15H,2-3,5H2,1H3,(H,12,16,17)/t7-,8+,9+/m1/s1. The first kappa shape index (κ1) is 13.0. The lowest BCUT2D eigenvalue weighted by Crippen LogP contribution is -2.43. The molecular formula is C11H16N2O5. The Hall–Kier alpha value is -1.44. The Morgan fingerprint density at radius 2 is 2.22 bits per heavy atom. The average Bonchev–Trinajstić information content (AvgIpc) is 2.35. The first-order chi connectivity index (χ1) is 8.52.